The van der Waals surface area contributed by atoms with Crippen molar-refractivity contribution in [2.24, 2.45) is 11.7 Å². The van der Waals surface area contributed by atoms with Gasteiger partial charge in [0.05, 0.1) is 16.8 Å². The molecule has 0 saturated heterocycles. The van der Waals surface area contributed by atoms with E-state index < -0.39 is 11.5 Å². The van der Waals surface area contributed by atoms with E-state index in [4.69, 9.17) is 17.3 Å². The molecule has 114 valence electrons. The van der Waals surface area contributed by atoms with Crippen LogP contribution < -0.4 is 11.1 Å². The van der Waals surface area contributed by atoms with Crippen LogP contribution in [0.2, 0.25) is 5.02 Å². The van der Waals surface area contributed by atoms with E-state index in [1.807, 2.05) is 0 Å². The van der Waals surface area contributed by atoms with E-state index in [0.29, 0.717) is 23.8 Å². The van der Waals surface area contributed by atoms with Gasteiger partial charge in [0.1, 0.15) is 0 Å². The van der Waals surface area contributed by atoms with E-state index in [9.17, 15) is 14.7 Å². The van der Waals surface area contributed by atoms with E-state index in [1.54, 1.807) is 0 Å². The zero-order valence-corrected chi connectivity index (χ0v) is 12.6. The number of hydrogen-bond donors (Lipinski definition) is 3. The second-order valence-electron chi connectivity index (χ2n) is 5.81. The van der Waals surface area contributed by atoms with Crippen LogP contribution in [0.3, 0.4) is 0 Å². The number of halogens is 1. The molecule has 6 heteroatoms. The molecular weight excluding hydrogens is 292 g/mol. The minimum atomic E-state index is -1.14. The van der Waals surface area contributed by atoms with Gasteiger partial charge in [0.15, 0.2) is 0 Å². The molecule has 2 rings (SSSR count). The molecule has 1 saturated carbocycles. The second kappa shape index (κ2) is 6.03. The molecule has 2 atom stereocenters. The van der Waals surface area contributed by atoms with Crippen molar-refractivity contribution in [2.75, 3.05) is 5.32 Å². The third-order valence-corrected chi connectivity index (χ3v) is 4.18. The van der Waals surface area contributed by atoms with Gasteiger partial charge in [0.2, 0.25) is 5.91 Å². The minimum absolute atomic E-state index is 0.0386. The normalized spacial score (nSPS) is 25.4. The molecule has 4 N–H and O–H groups in total. The van der Waals surface area contributed by atoms with Crippen molar-refractivity contribution in [1.29, 1.82) is 0 Å². The predicted octanol–water partition coefficient (Wildman–Crippen LogP) is 2.88. The lowest BCUT2D eigenvalue weighted by atomic mass is 9.76. The van der Waals surface area contributed by atoms with Gasteiger partial charge < -0.3 is 16.2 Å². The average molecular weight is 311 g/mol. The predicted molar refractivity (Wildman–Crippen MR) is 81.6 cm³/mol. The van der Waals surface area contributed by atoms with Crippen LogP contribution in [0, 0.1) is 5.92 Å². The van der Waals surface area contributed by atoms with Gasteiger partial charge in [-0.1, -0.05) is 31.4 Å². The quantitative estimate of drug-likeness (QED) is 0.800. The first-order valence-corrected chi connectivity index (χ1v) is 7.33. The van der Waals surface area contributed by atoms with Crippen LogP contribution in [0.25, 0.3) is 0 Å². The maximum absolute atomic E-state index is 12.4. The van der Waals surface area contributed by atoms with Crippen molar-refractivity contribution in [3.63, 3.8) is 0 Å². The Bertz CT molecular complexity index is 576. The molecule has 1 fully saturated rings. The number of carbonyl (C=O) groups excluding carboxylic acids is 1. The van der Waals surface area contributed by atoms with Crippen LogP contribution >= 0.6 is 11.6 Å². The molecule has 1 aromatic rings. The van der Waals surface area contributed by atoms with Crippen LogP contribution in [-0.4, -0.2) is 22.5 Å². The summed E-state index contributed by atoms with van der Waals surface area (Å²) in [7, 11) is 0. The van der Waals surface area contributed by atoms with E-state index in [-0.39, 0.29) is 17.2 Å². The summed E-state index contributed by atoms with van der Waals surface area (Å²) in [6.07, 6.45) is 3.18. The van der Waals surface area contributed by atoms with Gasteiger partial charge in [-0.05, 0) is 37.0 Å². The number of benzene rings is 1. The fraction of sp³-hybridized carbons (Fsp3) is 0.467. The zero-order valence-electron chi connectivity index (χ0n) is 11.9. The van der Waals surface area contributed by atoms with E-state index in [1.165, 1.54) is 18.2 Å². The smallest absolute Gasteiger partial charge is 0.337 e. The number of hydrogen-bond acceptors (Lipinski definition) is 3. The first-order chi connectivity index (χ1) is 9.82. The number of rotatable bonds is 3. The number of nitrogens with one attached hydrogen (secondary N) is 1. The number of aromatic carboxylic acids is 1. The molecule has 1 aromatic carbocycles. The molecule has 0 spiro atoms. The van der Waals surface area contributed by atoms with Gasteiger partial charge in [-0.2, -0.15) is 0 Å². The van der Waals surface area contributed by atoms with Crippen LogP contribution in [0.15, 0.2) is 18.2 Å². The Morgan fingerprint density at radius 1 is 1.48 bits per heavy atom. The standard InChI is InChI=1S/C15H19ClN2O3/c1-9-3-2-6-15(17,8-9)14(21)18-12-5-4-10(16)7-11(12)13(19)20/h4-5,7,9H,2-3,6,8,17H2,1H3,(H,18,21)(H,19,20). The van der Waals surface area contributed by atoms with Gasteiger partial charge in [0.25, 0.3) is 0 Å². The highest BCUT2D eigenvalue weighted by Gasteiger charge is 2.38. The van der Waals surface area contributed by atoms with Crippen LogP contribution in [0.5, 0.6) is 0 Å². The molecule has 1 aliphatic carbocycles. The first-order valence-electron chi connectivity index (χ1n) is 6.95. The summed E-state index contributed by atoms with van der Waals surface area (Å²) in [6, 6.07) is 4.34. The van der Waals surface area contributed by atoms with Gasteiger partial charge in [-0.25, -0.2) is 4.79 Å². The second-order valence-corrected chi connectivity index (χ2v) is 6.24. The van der Waals surface area contributed by atoms with Crippen LogP contribution in [-0.2, 0) is 4.79 Å². The van der Waals surface area contributed by atoms with Crippen molar-refractivity contribution in [1.82, 2.24) is 0 Å². The molecular formula is C15H19ClN2O3. The molecule has 1 aliphatic rings. The minimum Gasteiger partial charge on any atom is -0.478 e. The highest BCUT2D eigenvalue weighted by Crippen LogP contribution is 2.32. The fourth-order valence-electron chi connectivity index (χ4n) is 2.85. The maximum atomic E-state index is 12.4. The van der Waals surface area contributed by atoms with E-state index in [0.717, 1.165) is 12.8 Å². The Balaban J connectivity index is 2.21. The summed E-state index contributed by atoms with van der Waals surface area (Å²) in [5.41, 5.74) is 5.46. The summed E-state index contributed by atoms with van der Waals surface area (Å²) >= 11 is 5.79. The van der Waals surface area contributed by atoms with Gasteiger partial charge in [-0.3, -0.25) is 4.79 Å². The Morgan fingerprint density at radius 2 is 2.19 bits per heavy atom. The highest BCUT2D eigenvalue weighted by molar-refractivity contribution is 6.31. The lowest BCUT2D eigenvalue weighted by Crippen LogP contribution is -2.53. The number of carboxylic acids is 1. The lowest BCUT2D eigenvalue weighted by Gasteiger charge is -2.35. The number of anilines is 1. The Labute approximate surface area is 128 Å². The fourth-order valence-corrected chi connectivity index (χ4v) is 3.02. The number of nitrogens with two attached hydrogens (primary N) is 1. The summed E-state index contributed by atoms with van der Waals surface area (Å²) in [5, 5.41) is 12.1. The van der Waals surface area contributed by atoms with Crippen molar-refractivity contribution in [2.45, 2.75) is 38.1 Å². The van der Waals surface area contributed by atoms with Crippen LogP contribution in [0.1, 0.15) is 43.0 Å². The Morgan fingerprint density at radius 3 is 2.81 bits per heavy atom. The van der Waals surface area contributed by atoms with Gasteiger partial charge in [0, 0.05) is 5.02 Å². The summed E-state index contributed by atoms with van der Waals surface area (Å²) in [4.78, 5) is 23.7. The lowest BCUT2D eigenvalue weighted by molar-refractivity contribution is -0.122. The maximum Gasteiger partial charge on any atom is 0.337 e. The highest BCUT2D eigenvalue weighted by atomic mass is 35.5. The molecule has 1 amide bonds. The van der Waals surface area contributed by atoms with Crippen molar-refractivity contribution >= 4 is 29.2 Å². The van der Waals surface area contributed by atoms with Gasteiger partial charge >= 0.3 is 5.97 Å². The van der Waals surface area contributed by atoms with Crippen molar-refractivity contribution < 1.29 is 14.7 Å². The van der Waals surface area contributed by atoms with E-state index in [2.05, 4.69) is 12.2 Å². The number of carboxylic acid groups (broad SMARTS) is 1. The monoisotopic (exact) mass is 310 g/mol. The molecule has 21 heavy (non-hydrogen) atoms. The molecule has 5 nitrogen and oxygen atoms in total. The third kappa shape index (κ3) is 3.54. The summed E-state index contributed by atoms with van der Waals surface area (Å²) in [5.74, 6) is -1.09. The van der Waals surface area contributed by atoms with E-state index >= 15 is 0 Å². The molecule has 0 aromatic heterocycles. The third-order valence-electron chi connectivity index (χ3n) is 3.94. The SMILES string of the molecule is CC1CCCC(N)(C(=O)Nc2ccc(Cl)cc2C(=O)O)C1. The van der Waals surface area contributed by atoms with Gasteiger partial charge in [-0.15, -0.1) is 0 Å². The summed E-state index contributed by atoms with van der Waals surface area (Å²) in [6.45, 7) is 2.07. The number of carbonyl (C=O) groups is 2. The number of amides is 1. The average Bonchev–Trinajstić information content (AvgIpc) is 2.40. The largest absolute Gasteiger partial charge is 0.478 e. The zero-order chi connectivity index (χ0) is 15.6. The Hall–Kier alpha value is -1.59. The first kappa shape index (κ1) is 15.8. The van der Waals surface area contributed by atoms with Crippen LogP contribution in [0.4, 0.5) is 5.69 Å². The molecule has 0 bridgehead atoms. The molecule has 0 aliphatic heterocycles. The molecule has 0 radical (unpaired) electrons. The molecule has 2 unspecified atom stereocenters. The van der Waals surface area contributed by atoms with Crippen molar-refractivity contribution in [3.05, 3.63) is 28.8 Å². The molecule has 0 heterocycles. The topological polar surface area (TPSA) is 92.4 Å². The van der Waals surface area contributed by atoms with Crippen molar-refractivity contribution in [3.8, 4) is 0 Å². The Kier molecular flexibility index (Phi) is 4.54. The summed E-state index contributed by atoms with van der Waals surface area (Å²) < 4.78 is 0.